The number of aromatic nitrogens is 1. The summed E-state index contributed by atoms with van der Waals surface area (Å²) in [4.78, 5) is 2.30. The first-order valence-electron chi connectivity index (χ1n) is 8.88. The third kappa shape index (κ3) is 3.82. The van der Waals surface area contributed by atoms with Crippen LogP contribution in [-0.4, -0.2) is 66.4 Å². The number of rotatable bonds is 4. The molecule has 0 N–H and O–H groups in total. The first kappa shape index (κ1) is 17.8. The third-order valence-electron chi connectivity index (χ3n) is 5.08. The van der Waals surface area contributed by atoms with Gasteiger partial charge in [0.15, 0.2) is 0 Å². The molecule has 24 heavy (non-hydrogen) atoms. The van der Waals surface area contributed by atoms with E-state index in [4.69, 9.17) is 4.52 Å². The van der Waals surface area contributed by atoms with Crippen LogP contribution in [0.4, 0.5) is 0 Å². The van der Waals surface area contributed by atoms with Gasteiger partial charge in [0.2, 0.25) is 0 Å². The molecule has 136 valence electrons. The monoisotopic (exact) mass is 356 g/mol. The highest BCUT2D eigenvalue weighted by Gasteiger charge is 2.32. The molecule has 0 spiro atoms. The van der Waals surface area contributed by atoms with Gasteiger partial charge in [0.1, 0.15) is 5.76 Å². The van der Waals surface area contributed by atoms with Crippen molar-refractivity contribution in [3.63, 3.8) is 0 Å². The van der Waals surface area contributed by atoms with E-state index in [2.05, 4.69) is 10.1 Å². The third-order valence-corrected chi connectivity index (χ3v) is 7.11. The van der Waals surface area contributed by atoms with E-state index in [-0.39, 0.29) is 0 Å². The van der Waals surface area contributed by atoms with E-state index < -0.39 is 10.2 Å². The van der Waals surface area contributed by atoms with Crippen LogP contribution >= 0.6 is 0 Å². The summed E-state index contributed by atoms with van der Waals surface area (Å²) in [5, 5.41) is 4.01. The smallest absolute Gasteiger partial charge is 0.282 e. The largest absolute Gasteiger partial charge is 0.361 e. The van der Waals surface area contributed by atoms with Crippen LogP contribution in [0.3, 0.4) is 0 Å². The zero-order valence-corrected chi connectivity index (χ0v) is 15.5. The van der Waals surface area contributed by atoms with E-state index in [9.17, 15) is 8.42 Å². The van der Waals surface area contributed by atoms with Gasteiger partial charge in [0.25, 0.3) is 10.2 Å². The van der Waals surface area contributed by atoms with Crippen molar-refractivity contribution in [3.8, 4) is 0 Å². The van der Waals surface area contributed by atoms with Crippen LogP contribution in [0.25, 0.3) is 0 Å². The molecule has 1 aromatic heterocycles. The Hall–Kier alpha value is -0.960. The second-order valence-electron chi connectivity index (χ2n) is 6.80. The number of piperidine rings is 1. The molecule has 2 fully saturated rings. The maximum Gasteiger partial charge on any atom is 0.282 e. The van der Waals surface area contributed by atoms with Gasteiger partial charge < -0.3 is 4.52 Å². The summed E-state index contributed by atoms with van der Waals surface area (Å²) in [5.74, 6) is 0.856. The number of aryl methyl sites for hydroxylation is 2. The Labute approximate surface area is 144 Å². The van der Waals surface area contributed by atoms with Crippen LogP contribution in [0.15, 0.2) is 4.52 Å². The Morgan fingerprint density at radius 3 is 2.25 bits per heavy atom. The highest BCUT2D eigenvalue weighted by Crippen LogP contribution is 2.20. The Balaban J connectivity index is 1.62. The Kier molecular flexibility index (Phi) is 5.59. The molecule has 2 saturated heterocycles. The fraction of sp³-hybridized carbons (Fsp3) is 0.812. The normalized spacial score (nSPS) is 22.6. The minimum absolute atomic E-state index is 0.558. The van der Waals surface area contributed by atoms with Crippen LogP contribution in [0.5, 0.6) is 0 Å². The minimum atomic E-state index is -3.30. The van der Waals surface area contributed by atoms with Crippen molar-refractivity contribution in [3.05, 3.63) is 17.0 Å². The van der Waals surface area contributed by atoms with E-state index in [0.717, 1.165) is 62.3 Å². The second-order valence-corrected chi connectivity index (χ2v) is 8.73. The lowest BCUT2D eigenvalue weighted by Gasteiger charge is -2.31. The summed E-state index contributed by atoms with van der Waals surface area (Å²) >= 11 is 0. The van der Waals surface area contributed by atoms with E-state index >= 15 is 0 Å². The van der Waals surface area contributed by atoms with Gasteiger partial charge in [-0.1, -0.05) is 11.6 Å². The number of hydrogen-bond donors (Lipinski definition) is 0. The molecule has 0 amide bonds. The SMILES string of the molecule is Cc1noc(C)c1CN1CCCN(S(=O)(=O)N2CCCCC2)CC1. The molecule has 2 aliphatic heterocycles. The predicted molar refractivity (Wildman–Crippen MR) is 91.8 cm³/mol. The van der Waals surface area contributed by atoms with E-state index in [1.165, 1.54) is 0 Å². The van der Waals surface area contributed by atoms with Crippen LogP contribution in [-0.2, 0) is 16.8 Å². The molecule has 0 aromatic carbocycles. The van der Waals surface area contributed by atoms with Crippen molar-refractivity contribution in [2.24, 2.45) is 0 Å². The van der Waals surface area contributed by atoms with Gasteiger partial charge in [0, 0.05) is 44.8 Å². The number of hydrogen-bond acceptors (Lipinski definition) is 5. The Morgan fingerprint density at radius 2 is 1.58 bits per heavy atom. The molecule has 8 heteroatoms. The highest BCUT2D eigenvalue weighted by molar-refractivity contribution is 7.86. The van der Waals surface area contributed by atoms with Crippen molar-refractivity contribution >= 4 is 10.2 Å². The molecule has 0 bridgehead atoms. The molecule has 7 nitrogen and oxygen atoms in total. The molecule has 3 rings (SSSR count). The zero-order valence-electron chi connectivity index (χ0n) is 14.7. The van der Waals surface area contributed by atoms with Crippen molar-refractivity contribution in [2.45, 2.75) is 46.1 Å². The lowest BCUT2D eigenvalue weighted by atomic mass is 10.2. The fourth-order valence-corrected chi connectivity index (χ4v) is 5.26. The van der Waals surface area contributed by atoms with E-state index in [1.54, 1.807) is 8.61 Å². The molecular weight excluding hydrogens is 328 g/mol. The van der Waals surface area contributed by atoms with E-state index in [1.807, 2.05) is 13.8 Å². The number of nitrogens with zero attached hydrogens (tertiary/aromatic N) is 4. The van der Waals surface area contributed by atoms with Crippen molar-refractivity contribution < 1.29 is 12.9 Å². The summed E-state index contributed by atoms with van der Waals surface area (Å²) in [5.41, 5.74) is 2.05. The van der Waals surface area contributed by atoms with Gasteiger partial charge in [0.05, 0.1) is 5.69 Å². The average Bonchev–Trinajstić information content (AvgIpc) is 2.79. The van der Waals surface area contributed by atoms with Crippen molar-refractivity contribution in [2.75, 3.05) is 39.3 Å². The van der Waals surface area contributed by atoms with Crippen LogP contribution in [0.2, 0.25) is 0 Å². The maximum absolute atomic E-state index is 12.8. The summed E-state index contributed by atoms with van der Waals surface area (Å²) in [6, 6.07) is 0. The average molecular weight is 356 g/mol. The molecule has 0 unspecified atom stereocenters. The molecule has 3 heterocycles. The highest BCUT2D eigenvalue weighted by atomic mass is 32.2. The van der Waals surface area contributed by atoms with Gasteiger partial charge in [-0.05, 0) is 39.7 Å². The van der Waals surface area contributed by atoms with Crippen molar-refractivity contribution in [1.29, 1.82) is 0 Å². The standard InChI is InChI=1S/C16H28N4O3S/c1-14-16(15(2)23-17-14)13-18-7-6-10-20(12-11-18)24(21,22)19-8-4-3-5-9-19/h3-13H2,1-2H3. The molecule has 0 atom stereocenters. The maximum atomic E-state index is 12.8. The first-order chi connectivity index (χ1) is 11.5. The Bertz CT molecular complexity index is 633. The molecule has 0 aliphatic carbocycles. The van der Waals surface area contributed by atoms with Crippen LogP contribution in [0.1, 0.15) is 42.7 Å². The Morgan fingerprint density at radius 1 is 0.917 bits per heavy atom. The summed E-state index contributed by atoms with van der Waals surface area (Å²) in [6.07, 6.45) is 3.95. The van der Waals surface area contributed by atoms with Crippen LogP contribution in [0, 0.1) is 13.8 Å². The summed E-state index contributed by atoms with van der Waals surface area (Å²) in [7, 11) is -3.30. The molecule has 2 aliphatic rings. The van der Waals surface area contributed by atoms with Crippen LogP contribution < -0.4 is 0 Å². The van der Waals surface area contributed by atoms with Gasteiger partial charge in [-0.3, -0.25) is 4.90 Å². The van der Waals surface area contributed by atoms with Crippen molar-refractivity contribution in [1.82, 2.24) is 18.7 Å². The molecule has 0 radical (unpaired) electrons. The minimum Gasteiger partial charge on any atom is -0.361 e. The topological polar surface area (TPSA) is 69.9 Å². The summed E-state index contributed by atoms with van der Waals surface area (Å²) < 4.78 is 34.2. The van der Waals surface area contributed by atoms with Gasteiger partial charge in [-0.2, -0.15) is 17.0 Å². The lowest BCUT2D eigenvalue weighted by molar-refractivity contribution is 0.270. The molecule has 1 aromatic rings. The predicted octanol–water partition coefficient (Wildman–Crippen LogP) is 1.53. The molecular formula is C16H28N4O3S. The second kappa shape index (κ2) is 7.51. The fourth-order valence-electron chi connectivity index (χ4n) is 3.55. The van der Waals surface area contributed by atoms with Gasteiger partial charge >= 0.3 is 0 Å². The first-order valence-corrected chi connectivity index (χ1v) is 10.3. The quantitative estimate of drug-likeness (QED) is 0.818. The van der Waals surface area contributed by atoms with Gasteiger partial charge in [-0.25, -0.2) is 0 Å². The van der Waals surface area contributed by atoms with E-state index in [0.29, 0.717) is 26.2 Å². The molecule has 0 saturated carbocycles. The summed E-state index contributed by atoms with van der Waals surface area (Å²) in [6.45, 7) is 8.81. The van der Waals surface area contributed by atoms with Gasteiger partial charge in [-0.15, -0.1) is 0 Å². The lowest BCUT2D eigenvalue weighted by Crippen LogP contribution is -2.47. The zero-order chi connectivity index (χ0) is 17.2.